The fraction of sp³-hybridized carbons (Fsp3) is 0.235. The van der Waals surface area contributed by atoms with Gasteiger partial charge in [0.1, 0.15) is 5.82 Å². The fourth-order valence-corrected chi connectivity index (χ4v) is 2.67. The van der Waals surface area contributed by atoms with Crippen LogP contribution >= 0.6 is 0 Å². The Morgan fingerprint density at radius 1 is 1.19 bits per heavy atom. The van der Waals surface area contributed by atoms with Crippen LogP contribution in [0.5, 0.6) is 0 Å². The van der Waals surface area contributed by atoms with Crippen molar-refractivity contribution in [3.63, 3.8) is 0 Å². The molecule has 4 nitrogen and oxygen atoms in total. The van der Waals surface area contributed by atoms with Crippen molar-refractivity contribution >= 4 is 10.8 Å². The predicted octanol–water partition coefficient (Wildman–Crippen LogP) is 3.17. The molecule has 0 atom stereocenters. The summed E-state index contributed by atoms with van der Waals surface area (Å²) in [5.74, 6) is 1.23. The van der Waals surface area contributed by atoms with Gasteiger partial charge >= 0.3 is 0 Å². The van der Waals surface area contributed by atoms with E-state index in [1.54, 1.807) is 6.20 Å². The van der Waals surface area contributed by atoms with E-state index in [0.29, 0.717) is 11.5 Å². The predicted molar refractivity (Wildman–Crippen MR) is 82.3 cm³/mol. The monoisotopic (exact) mass is 277 g/mol. The van der Waals surface area contributed by atoms with Crippen molar-refractivity contribution in [2.75, 3.05) is 0 Å². The molecule has 0 spiro atoms. The Balaban J connectivity index is 2.02. The normalized spacial score (nSPS) is 14.5. The second kappa shape index (κ2) is 4.52. The molecule has 1 fully saturated rings. The zero-order chi connectivity index (χ0) is 14.4. The molecule has 0 aliphatic heterocycles. The van der Waals surface area contributed by atoms with Gasteiger partial charge in [0, 0.05) is 34.8 Å². The molecule has 2 aromatic heterocycles. The average molecular weight is 277 g/mol. The first kappa shape index (κ1) is 12.3. The second-order valence-electron chi connectivity index (χ2n) is 5.61. The summed E-state index contributed by atoms with van der Waals surface area (Å²) in [5, 5.41) is 2.14. The van der Waals surface area contributed by atoms with Gasteiger partial charge in [0.25, 0.3) is 5.56 Å². The van der Waals surface area contributed by atoms with Gasteiger partial charge in [-0.3, -0.25) is 9.78 Å². The highest BCUT2D eigenvalue weighted by molar-refractivity contribution is 5.95. The Bertz CT molecular complexity index is 889. The molecular weight excluding hydrogens is 262 g/mol. The molecule has 1 aromatic carbocycles. The quantitative estimate of drug-likeness (QED) is 0.782. The molecule has 21 heavy (non-hydrogen) atoms. The van der Waals surface area contributed by atoms with E-state index in [4.69, 9.17) is 4.98 Å². The number of hydrogen-bond acceptors (Lipinski definition) is 3. The molecule has 1 saturated carbocycles. The molecule has 0 unspecified atom stereocenters. The molecular formula is C17H15N3O. The molecule has 1 aliphatic carbocycles. The lowest BCUT2D eigenvalue weighted by Gasteiger charge is -2.09. The van der Waals surface area contributed by atoms with Crippen molar-refractivity contribution in [1.82, 2.24) is 15.0 Å². The van der Waals surface area contributed by atoms with Gasteiger partial charge in [-0.15, -0.1) is 0 Å². The van der Waals surface area contributed by atoms with Gasteiger partial charge in [-0.25, -0.2) is 4.98 Å². The van der Waals surface area contributed by atoms with Gasteiger partial charge in [0.15, 0.2) is 0 Å². The number of nitrogens with zero attached hydrogens (tertiary/aromatic N) is 2. The zero-order valence-electron chi connectivity index (χ0n) is 11.8. The third-order valence-electron chi connectivity index (χ3n) is 4.06. The summed E-state index contributed by atoms with van der Waals surface area (Å²) in [7, 11) is 0. The van der Waals surface area contributed by atoms with Crippen molar-refractivity contribution in [2.45, 2.75) is 25.7 Å². The summed E-state index contributed by atoms with van der Waals surface area (Å²) in [6.45, 7) is 1.82. The van der Waals surface area contributed by atoms with E-state index in [1.165, 1.54) is 0 Å². The van der Waals surface area contributed by atoms with Crippen LogP contribution in [0.2, 0.25) is 0 Å². The van der Waals surface area contributed by atoms with Crippen LogP contribution in [0.3, 0.4) is 0 Å². The Labute approximate surface area is 121 Å². The van der Waals surface area contributed by atoms with Gasteiger partial charge in [0.2, 0.25) is 0 Å². The lowest BCUT2D eigenvalue weighted by atomic mass is 10.0. The molecule has 0 bridgehead atoms. The molecule has 4 heteroatoms. The third-order valence-corrected chi connectivity index (χ3v) is 4.06. The first-order chi connectivity index (χ1) is 10.2. The minimum atomic E-state index is -0.0464. The van der Waals surface area contributed by atoms with Crippen LogP contribution in [0, 0.1) is 6.92 Å². The third kappa shape index (κ3) is 2.03. The SMILES string of the molecule is Cc1c(-c2cncc3ccccc23)nc(C2CC2)[nH]c1=O. The number of hydrogen-bond donors (Lipinski definition) is 1. The van der Waals surface area contributed by atoms with E-state index in [9.17, 15) is 4.79 Å². The van der Waals surface area contributed by atoms with Crippen LogP contribution in [0.1, 0.15) is 30.1 Å². The van der Waals surface area contributed by atoms with E-state index in [1.807, 2.05) is 37.4 Å². The Kier molecular flexibility index (Phi) is 2.64. The molecule has 3 aromatic rings. The number of rotatable bonds is 2. The second-order valence-corrected chi connectivity index (χ2v) is 5.61. The Morgan fingerprint density at radius 3 is 2.81 bits per heavy atom. The maximum atomic E-state index is 12.2. The number of fused-ring (bicyclic) bond motifs is 1. The van der Waals surface area contributed by atoms with Crippen LogP contribution in [0.15, 0.2) is 41.5 Å². The average Bonchev–Trinajstić information content (AvgIpc) is 3.34. The fourth-order valence-electron chi connectivity index (χ4n) is 2.67. The minimum Gasteiger partial charge on any atom is -0.310 e. The molecule has 0 radical (unpaired) electrons. The number of pyridine rings is 1. The number of benzene rings is 1. The summed E-state index contributed by atoms with van der Waals surface area (Å²) in [6, 6.07) is 8.05. The van der Waals surface area contributed by atoms with E-state index >= 15 is 0 Å². The molecule has 104 valence electrons. The lowest BCUT2D eigenvalue weighted by Crippen LogP contribution is -2.15. The maximum absolute atomic E-state index is 12.2. The van der Waals surface area contributed by atoms with Crippen molar-refractivity contribution in [1.29, 1.82) is 0 Å². The summed E-state index contributed by atoms with van der Waals surface area (Å²) in [4.78, 5) is 24.1. The van der Waals surface area contributed by atoms with E-state index < -0.39 is 0 Å². The number of H-pyrrole nitrogens is 1. The minimum absolute atomic E-state index is 0.0464. The van der Waals surface area contributed by atoms with Crippen molar-refractivity contribution in [3.8, 4) is 11.3 Å². The molecule has 0 amide bonds. The standard InChI is InChI=1S/C17H15N3O/c1-10-15(19-16(11-6-7-11)20-17(10)21)14-9-18-8-12-4-2-3-5-13(12)14/h2-5,8-9,11H,6-7H2,1H3,(H,19,20,21). The van der Waals surface area contributed by atoms with Crippen molar-refractivity contribution in [2.24, 2.45) is 0 Å². The van der Waals surface area contributed by atoms with Crippen LogP contribution in [-0.4, -0.2) is 15.0 Å². The largest absolute Gasteiger partial charge is 0.310 e. The van der Waals surface area contributed by atoms with Crippen LogP contribution in [0.4, 0.5) is 0 Å². The number of aromatic amines is 1. The van der Waals surface area contributed by atoms with Crippen LogP contribution < -0.4 is 5.56 Å². The first-order valence-electron chi connectivity index (χ1n) is 7.18. The number of aromatic nitrogens is 3. The van der Waals surface area contributed by atoms with E-state index in [2.05, 4.69) is 9.97 Å². The highest BCUT2D eigenvalue weighted by Gasteiger charge is 2.27. The zero-order valence-corrected chi connectivity index (χ0v) is 11.8. The summed E-state index contributed by atoms with van der Waals surface area (Å²) < 4.78 is 0. The van der Waals surface area contributed by atoms with Gasteiger partial charge in [-0.2, -0.15) is 0 Å². The molecule has 1 N–H and O–H groups in total. The highest BCUT2D eigenvalue weighted by Crippen LogP contribution is 2.38. The topological polar surface area (TPSA) is 58.6 Å². The summed E-state index contributed by atoms with van der Waals surface area (Å²) in [5.41, 5.74) is 2.29. The lowest BCUT2D eigenvalue weighted by molar-refractivity contribution is 0.901. The highest BCUT2D eigenvalue weighted by atomic mass is 16.1. The molecule has 1 aliphatic rings. The Hall–Kier alpha value is -2.49. The summed E-state index contributed by atoms with van der Waals surface area (Å²) >= 11 is 0. The first-order valence-corrected chi connectivity index (χ1v) is 7.18. The summed E-state index contributed by atoms with van der Waals surface area (Å²) in [6.07, 6.45) is 5.86. The van der Waals surface area contributed by atoms with E-state index in [0.717, 1.165) is 40.7 Å². The maximum Gasteiger partial charge on any atom is 0.254 e. The molecule has 0 saturated heterocycles. The van der Waals surface area contributed by atoms with Crippen molar-refractivity contribution in [3.05, 3.63) is 58.4 Å². The van der Waals surface area contributed by atoms with Gasteiger partial charge in [0.05, 0.1) is 5.69 Å². The number of nitrogens with one attached hydrogen (secondary N) is 1. The van der Waals surface area contributed by atoms with Crippen molar-refractivity contribution < 1.29 is 0 Å². The smallest absolute Gasteiger partial charge is 0.254 e. The van der Waals surface area contributed by atoms with Crippen LogP contribution in [-0.2, 0) is 0 Å². The molecule has 2 heterocycles. The molecule has 4 rings (SSSR count). The van der Waals surface area contributed by atoms with E-state index in [-0.39, 0.29) is 5.56 Å². The van der Waals surface area contributed by atoms with Gasteiger partial charge in [-0.05, 0) is 25.2 Å². The van der Waals surface area contributed by atoms with Crippen LogP contribution in [0.25, 0.3) is 22.0 Å². The van der Waals surface area contributed by atoms with Gasteiger partial charge < -0.3 is 4.98 Å². The Morgan fingerprint density at radius 2 is 2.00 bits per heavy atom. The van der Waals surface area contributed by atoms with Gasteiger partial charge in [-0.1, -0.05) is 24.3 Å².